The lowest BCUT2D eigenvalue weighted by Gasteiger charge is -2.15. The second-order valence-corrected chi connectivity index (χ2v) is 8.32. The first-order valence-electron chi connectivity index (χ1n) is 9.57. The van der Waals surface area contributed by atoms with E-state index in [1.54, 1.807) is 13.0 Å². The van der Waals surface area contributed by atoms with Crippen LogP contribution in [0.3, 0.4) is 0 Å². The number of hydrogen-bond acceptors (Lipinski definition) is 7. The van der Waals surface area contributed by atoms with Gasteiger partial charge in [0.1, 0.15) is 0 Å². The van der Waals surface area contributed by atoms with Crippen molar-refractivity contribution in [3.8, 4) is 21.9 Å². The van der Waals surface area contributed by atoms with Crippen molar-refractivity contribution in [2.24, 2.45) is 5.73 Å². The van der Waals surface area contributed by atoms with E-state index in [4.69, 9.17) is 15.1 Å². The van der Waals surface area contributed by atoms with Gasteiger partial charge in [-0.2, -0.15) is 0 Å². The van der Waals surface area contributed by atoms with Crippen molar-refractivity contribution in [3.63, 3.8) is 0 Å². The fourth-order valence-corrected chi connectivity index (χ4v) is 5.20. The smallest absolute Gasteiger partial charge is 0.258 e. The van der Waals surface area contributed by atoms with Crippen LogP contribution in [0, 0.1) is 6.92 Å². The average molecular weight is 409 g/mol. The quantitative estimate of drug-likeness (QED) is 0.708. The van der Waals surface area contributed by atoms with Gasteiger partial charge in [0, 0.05) is 23.9 Å². The van der Waals surface area contributed by atoms with Crippen LogP contribution in [0.25, 0.3) is 21.9 Å². The molecule has 1 fully saturated rings. The lowest BCUT2D eigenvalue weighted by Crippen LogP contribution is -2.22. The minimum absolute atomic E-state index is 0.00981. The maximum absolute atomic E-state index is 13.3. The Morgan fingerprint density at radius 2 is 2.14 bits per heavy atom. The zero-order valence-corrected chi connectivity index (χ0v) is 16.9. The van der Waals surface area contributed by atoms with Crippen LogP contribution in [-0.4, -0.2) is 38.4 Å². The second-order valence-electron chi connectivity index (χ2n) is 7.23. The largest absolute Gasteiger partial charge is 0.421 e. The Morgan fingerprint density at radius 1 is 1.31 bits per heavy atom. The van der Waals surface area contributed by atoms with Crippen molar-refractivity contribution in [3.05, 3.63) is 39.9 Å². The van der Waals surface area contributed by atoms with Gasteiger partial charge >= 0.3 is 0 Å². The molecule has 3 aromatic heterocycles. The SMILES string of the molecule is CCc1nc2c(c(-c3ccc(C(N)=O)s3)c1-c1nnc(C)o1)C(=O)N1CCCC21. The predicted octanol–water partition coefficient (Wildman–Crippen LogP) is 3.12. The molecule has 0 bridgehead atoms. The topological polar surface area (TPSA) is 115 Å². The van der Waals surface area contributed by atoms with Gasteiger partial charge in [-0.15, -0.1) is 21.5 Å². The molecule has 5 heterocycles. The van der Waals surface area contributed by atoms with E-state index in [1.807, 2.05) is 17.9 Å². The Labute approximate surface area is 170 Å². The van der Waals surface area contributed by atoms with Gasteiger partial charge in [0.15, 0.2) is 0 Å². The van der Waals surface area contributed by atoms with Crippen molar-refractivity contribution >= 4 is 23.2 Å². The molecule has 1 saturated heterocycles. The van der Waals surface area contributed by atoms with Gasteiger partial charge in [-0.25, -0.2) is 0 Å². The number of nitrogens with two attached hydrogens (primary N) is 1. The highest BCUT2D eigenvalue weighted by Gasteiger charge is 2.44. The summed E-state index contributed by atoms with van der Waals surface area (Å²) in [7, 11) is 0. The number of nitrogens with zero attached hydrogens (tertiary/aromatic N) is 4. The molecule has 2 amide bonds. The highest BCUT2D eigenvalue weighted by molar-refractivity contribution is 7.17. The average Bonchev–Trinajstić information content (AvgIpc) is 3.47. The molecular formula is C20H19N5O3S. The molecule has 8 nitrogen and oxygen atoms in total. The van der Waals surface area contributed by atoms with Gasteiger partial charge in [0.2, 0.25) is 11.8 Å². The van der Waals surface area contributed by atoms with Gasteiger partial charge in [-0.1, -0.05) is 6.92 Å². The van der Waals surface area contributed by atoms with E-state index < -0.39 is 5.91 Å². The normalized spacial score (nSPS) is 17.7. The van der Waals surface area contributed by atoms with Crippen molar-refractivity contribution < 1.29 is 14.0 Å². The third-order valence-corrected chi connectivity index (χ3v) is 6.63. The first-order chi connectivity index (χ1) is 14.0. The van der Waals surface area contributed by atoms with Gasteiger partial charge < -0.3 is 15.1 Å². The van der Waals surface area contributed by atoms with E-state index >= 15 is 0 Å². The first kappa shape index (κ1) is 18.0. The molecule has 0 aliphatic carbocycles. The molecule has 0 saturated carbocycles. The van der Waals surface area contributed by atoms with Crippen molar-refractivity contribution in [1.82, 2.24) is 20.1 Å². The van der Waals surface area contributed by atoms with Crippen LogP contribution in [0.2, 0.25) is 0 Å². The summed E-state index contributed by atoms with van der Waals surface area (Å²) in [4.78, 5) is 33.0. The van der Waals surface area contributed by atoms with Gasteiger partial charge in [-0.3, -0.25) is 14.6 Å². The number of thiophene rings is 1. The summed E-state index contributed by atoms with van der Waals surface area (Å²) in [5, 5.41) is 8.17. The van der Waals surface area contributed by atoms with Crippen LogP contribution in [-0.2, 0) is 6.42 Å². The monoisotopic (exact) mass is 409 g/mol. The maximum Gasteiger partial charge on any atom is 0.258 e. The van der Waals surface area contributed by atoms with E-state index in [-0.39, 0.29) is 11.9 Å². The Hall–Kier alpha value is -3.07. The van der Waals surface area contributed by atoms with Crippen LogP contribution in [0.4, 0.5) is 0 Å². The van der Waals surface area contributed by atoms with E-state index in [0.717, 1.165) is 35.7 Å². The highest BCUT2D eigenvalue weighted by atomic mass is 32.1. The standard InChI is InChI=1S/C20H19N5O3S/c1-3-10-14(19-24-23-9(2)28-19)15(12-6-7-13(29-12)18(21)26)16-17(22-10)11-5-4-8-25(11)20(16)27/h6-7,11H,3-5,8H2,1-2H3,(H2,21,26). The summed E-state index contributed by atoms with van der Waals surface area (Å²) in [6.07, 6.45) is 2.53. The summed E-state index contributed by atoms with van der Waals surface area (Å²) < 4.78 is 5.74. The summed E-state index contributed by atoms with van der Waals surface area (Å²) in [6.45, 7) is 4.46. The zero-order chi connectivity index (χ0) is 20.3. The van der Waals surface area contributed by atoms with E-state index in [0.29, 0.717) is 39.8 Å². The molecule has 3 aromatic rings. The zero-order valence-electron chi connectivity index (χ0n) is 16.1. The molecule has 0 radical (unpaired) electrons. The number of pyridine rings is 1. The number of carbonyl (C=O) groups is 2. The molecule has 1 atom stereocenters. The molecule has 0 spiro atoms. The summed E-state index contributed by atoms with van der Waals surface area (Å²) in [5.41, 5.74) is 9.05. The van der Waals surface area contributed by atoms with Gasteiger partial charge in [0.05, 0.1) is 33.4 Å². The summed E-state index contributed by atoms with van der Waals surface area (Å²) in [5.74, 6) is 0.243. The molecule has 0 aromatic carbocycles. The molecule has 2 aliphatic rings. The minimum atomic E-state index is -0.496. The number of aryl methyl sites for hydroxylation is 2. The molecule has 2 N–H and O–H groups in total. The fraction of sp³-hybridized carbons (Fsp3) is 0.350. The van der Waals surface area contributed by atoms with Crippen LogP contribution in [0.1, 0.15) is 63.1 Å². The molecule has 5 rings (SSSR count). The van der Waals surface area contributed by atoms with Crippen LogP contribution >= 0.6 is 11.3 Å². The molecule has 29 heavy (non-hydrogen) atoms. The highest BCUT2D eigenvalue weighted by Crippen LogP contribution is 2.48. The number of primary amides is 1. The van der Waals surface area contributed by atoms with Crippen LogP contribution in [0.15, 0.2) is 16.5 Å². The first-order valence-corrected chi connectivity index (χ1v) is 10.4. The molecule has 1 unspecified atom stereocenters. The van der Waals surface area contributed by atoms with E-state index in [2.05, 4.69) is 10.2 Å². The van der Waals surface area contributed by atoms with Crippen molar-refractivity contribution in [1.29, 1.82) is 0 Å². The van der Waals surface area contributed by atoms with Crippen LogP contribution in [0.5, 0.6) is 0 Å². The Bertz CT molecular complexity index is 1170. The second kappa shape index (κ2) is 6.48. The number of hydrogen-bond donors (Lipinski definition) is 1. The van der Waals surface area contributed by atoms with Crippen LogP contribution < -0.4 is 5.73 Å². The number of fused-ring (bicyclic) bond motifs is 3. The number of carbonyl (C=O) groups excluding carboxylic acids is 2. The van der Waals surface area contributed by atoms with Crippen molar-refractivity contribution in [2.75, 3.05) is 6.54 Å². The number of aromatic nitrogens is 3. The van der Waals surface area contributed by atoms with Gasteiger partial charge in [0.25, 0.3) is 11.8 Å². The third kappa shape index (κ3) is 2.61. The lowest BCUT2D eigenvalue weighted by atomic mass is 9.94. The Morgan fingerprint density at radius 3 is 2.79 bits per heavy atom. The molecule has 148 valence electrons. The maximum atomic E-state index is 13.3. The Balaban J connectivity index is 1.85. The number of rotatable bonds is 4. The summed E-state index contributed by atoms with van der Waals surface area (Å²) in [6, 6.07) is 3.52. The molecular weight excluding hydrogens is 390 g/mol. The molecule has 2 aliphatic heterocycles. The summed E-state index contributed by atoms with van der Waals surface area (Å²) >= 11 is 1.26. The lowest BCUT2D eigenvalue weighted by molar-refractivity contribution is 0.0776. The third-order valence-electron chi connectivity index (χ3n) is 5.51. The van der Waals surface area contributed by atoms with E-state index in [1.165, 1.54) is 11.3 Å². The number of amides is 2. The minimum Gasteiger partial charge on any atom is -0.421 e. The van der Waals surface area contributed by atoms with Crippen molar-refractivity contribution in [2.45, 2.75) is 39.2 Å². The fourth-order valence-electron chi connectivity index (χ4n) is 4.28. The van der Waals surface area contributed by atoms with Gasteiger partial charge in [-0.05, 0) is 31.4 Å². The molecule has 9 heteroatoms. The van der Waals surface area contributed by atoms with E-state index in [9.17, 15) is 9.59 Å². The predicted molar refractivity (Wildman–Crippen MR) is 106 cm³/mol. The Kier molecular flexibility index (Phi) is 4.02.